The molecule has 0 bridgehead atoms. The second-order valence-electron chi connectivity index (χ2n) is 3.38. The minimum absolute atomic E-state index is 0.0189. The highest BCUT2D eigenvalue weighted by Gasteiger charge is 2.19. The van der Waals surface area contributed by atoms with Gasteiger partial charge >= 0.3 is 0 Å². The van der Waals surface area contributed by atoms with Crippen LogP contribution in [-0.4, -0.2) is 20.0 Å². The first-order valence-electron chi connectivity index (χ1n) is 4.58. The maximum absolute atomic E-state index is 10.6. The third-order valence-electron chi connectivity index (χ3n) is 2.40. The number of hydrogen-bond acceptors (Lipinski definition) is 3. The summed E-state index contributed by atoms with van der Waals surface area (Å²) in [4.78, 5) is 10.6. The third-order valence-corrected chi connectivity index (χ3v) is 2.40. The van der Waals surface area contributed by atoms with Gasteiger partial charge in [-0.25, -0.2) is 0 Å². The molecule has 0 saturated heterocycles. The number of benzene rings is 1. The number of aldehydes is 1. The molecule has 0 aromatic heterocycles. The molecule has 1 unspecified atom stereocenters. The lowest BCUT2D eigenvalue weighted by molar-refractivity contribution is -0.112. The summed E-state index contributed by atoms with van der Waals surface area (Å²) in [6.07, 6.45) is 1.69. The molecule has 0 amide bonds. The van der Waals surface area contributed by atoms with E-state index in [2.05, 4.69) is 0 Å². The monoisotopic (exact) mass is 192 g/mol. The fourth-order valence-electron chi connectivity index (χ4n) is 1.61. The maximum Gasteiger partial charge on any atom is 0.126 e. The van der Waals surface area contributed by atoms with E-state index in [0.717, 1.165) is 29.8 Å². The molecule has 0 radical (unpaired) electrons. The lowest BCUT2D eigenvalue weighted by Gasteiger charge is -2.21. The van der Waals surface area contributed by atoms with E-state index >= 15 is 0 Å². The zero-order chi connectivity index (χ0) is 9.97. The topological polar surface area (TPSA) is 35.5 Å². The number of carbonyl (C=O) groups is 1. The number of hydrogen-bond donors (Lipinski definition) is 0. The summed E-state index contributed by atoms with van der Waals surface area (Å²) in [5, 5.41) is 0. The lowest BCUT2D eigenvalue weighted by Crippen LogP contribution is -2.21. The Balaban J connectivity index is 2.29. The number of ether oxygens (including phenoxy) is 2. The molecule has 3 nitrogen and oxygen atoms in total. The number of rotatable bonds is 2. The van der Waals surface area contributed by atoms with E-state index in [-0.39, 0.29) is 5.92 Å². The normalized spacial score (nSPS) is 19.4. The van der Waals surface area contributed by atoms with E-state index in [1.165, 1.54) is 0 Å². The van der Waals surface area contributed by atoms with E-state index in [1.54, 1.807) is 7.11 Å². The van der Waals surface area contributed by atoms with Crippen molar-refractivity contribution in [3.63, 3.8) is 0 Å². The number of methoxy groups -OCH3 is 1. The van der Waals surface area contributed by atoms with Gasteiger partial charge in [0.2, 0.25) is 0 Å². The zero-order valence-corrected chi connectivity index (χ0v) is 8.03. The number of carbonyl (C=O) groups excluding carboxylic acids is 1. The maximum atomic E-state index is 10.6. The summed E-state index contributed by atoms with van der Waals surface area (Å²) < 4.78 is 10.5. The Morgan fingerprint density at radius 1 is 1.57 bits per heavy atom. The van der Waals surface area contributed by atoms with Crippen LogP contribution in [0.25, 0.3) is 0 Å². The van der Waals surface area contributed by atoms with Crippen molar-refractivity contribution in [2.45, 2.75) is 6.42 Å². The van der Waals surface area contributed by atoms with Crippen LogP contribution in [0.3, 0.4) is 0 Å². The molecule has 1 aromatic rings. The van der Waals surface area contributed by atoms with Crippen LogP contribution >= 0.6 is 0 Å². The van der Waals surface area contributed by atoms with Gasteiger partial charge in [-0.15, -0.1) is 0 Å². The Kier molecular flexibility index (Phi) is 2.39. The van der Waals surface area contributed by atoms with Crippen molar-refractivity contribution in [3.05, 3.63) is 23.8 Å². The summed E-state index contributed by atoms with van der Waals surface area (Å²) in [5.74, 6) is 1.65. The number of fused-ring (bicyclic) bond motifs is 1. The standard InChI is InChI=1S/C11H12O3/c1-13-10-2-3-11-9(5-10)4-8(6-12)7-14-11/h2-3,5-6,8H,4,7H2,1H3. The van der Waals surface area contributed by atoms with E-state index in [4.69, 9.17) is 9.47 Å². The molecule has 0 aliphatic carbocycles. The molecular weight excluding hydrogens is 180 g/mol. The molecule has 74 valence electrons. The van der Waals surface area contributed by atoms with Gasteiger partial charge in [-0.1, -0.05) is 0 Å². The SMILES string of the molecule is COc1ccc2c(c1)CC(C=O)CO2. The van der Waals surface area contributed by atoms with E-state index in [0.29, 0.717) is 6.61 Å². The van der Waals surface area contributed by atoms with Crippen molar-refractivity contribution >= 4 is 6.29 Å². The second kappa shape index (κ2) is 3.70. The minimum atomic E-state index is -0.0189. The highest BCUT2D eigenvalue weighted by atomic mass is 16.5. The van der Waals surface area contributed by atoms with Gasteiger partial charge in [0.1, 0.15) is 17.8 Å². The van der Waals surface area contributed by atoms with Gasteiger partial charge in [-0.05, 0) is 30.2 Å². The van der Waals surface area contributed by atoms with Crippen molar-refractivity contribution in [2.75, 3.05) is 13.7 Å². The predicted octanol–water partition coefficient (Wildman–Crippen LogP) is 1.45. The van der Waals surface area contributed by atoms with E-state index in [1.807, 2.05) is 18.2 Å². The fourth-order valence-corrected chi connectivity index (χ4v) is 1.61. The van der Waals surface area contributed by atoms with Crippen LogP contribution in [0, 0.1) is 5.92 Å². The van der Waals surface area contributed by atoms with Gasteiger partial charge in [0.05, 0.1) is 19.6 Å². The van der Waals surface area contributed by atoms with Crippen molar-refractivity contribution in [2.24, 2.45) is 5.92 Å². The first-order valence-corrected chi connectivity index (χ1v) is 4.58. The van der Waals surface area contributed by atoms with Crippen LogP contribution in [-0.2, 0) is 11.2 Å². The van der Waals surface area contributed by atoms with Crippen LogP contribution in [0.15, 0.2) is 18.2 Å². The van der Waals surface area contributed by atoms with Crippen molar-refractivity contribution in [1.82, 2.24) is 0 Å². The van der Waals surface area contributed by atoms with Crippen molar-refractivity contribution < 1.29 is 14.3 Å². The Morgan fingerprint density at radius 3 is 3.14 bits per heavy atom. The molecule has 1 aromatic carbocycles. The zero-order valence-electron chi connectivity index (χ0n) is 8.03. The Hall–Kier alpha value is -1.51. The minimum Gasteiger partial charge on any atom is -0.497 e. The first-order chi connectivity index (χ1) is 6.83. The molecule has 1 aliphatic heterocycles. The van der Waals surface area contributed by atoms with Crippen molar-refractivity contribution in [1.29, 1.82) is 0 Å². The summed E-state index contributed by atoms with van der Waals surface area (Å²) in [5.41, 5.74) is 1.05. The lowest BCUT2D eigenvalue weighted by atomic mass is 9.98. The quantitative estimate of drug-likeness (QED) is 0.665. The van der Waals surface area contributed by atoms with Gasteiger partial charge in [0.15, 0.2) is 0 Å². The molecule has 0 saturated carbocycles. The molecule has 0 N–H and O–H groups in total. The summed E-state index contributed by atoms with van der Waals surface area (Å²) in [7, 11) is 1.63. The van der Waals surface area contributed by atoms with Crippen LogP contribution in [0.2, 0.25) is 0 Å². The highest BCUT2D eigenvalue weighted by Crippen LogP contribution is 2.29. The summed E-state index contributed by atoms with van der Waals surface area (Å²) >= 11 is 0. The third kappa shape index (κ3) is 1.58. The molecule has 2 rings (SSSR count). The molecule has 1 aliphatic rings. The molecule has 0 spiro atoms. The van der Waals surface area contributed by atoms with E-state index in [9.17, 15) is 4.79 Å². The van der Waals surface area contributed by atoms with Gasteiger partial charge in [-0.2, -0.15) is 0 Å². The molecular formula is C11H12O3. The smallest absolute Gasteiger partial charge is 0.126 e. The molecule has 1 heterocycles. The molecule has 3 heteroatoms. The molecule has 0 fully saturated rings. The highest BCUT2D eigenvalue weighted by molar-refractivity contribution is 5.57. The first kappa shape index (κ1) is 9.06. The largest absolute Gasteiger partial charge is 0.497 e. The average Bonchev–Trinajstić information content (AvgIpc) is 2.27. The Bertz CT molecular complexity index is 346. The fraction of sp³-hybridized carbons (Fsp3) is 0.364. The van der Waals surface area contributed by atoms with Crippen LogP contribution in [0.1, 0.15) is 5.56 Å². The summed E-state index contributed by atoms with van der Waals surface area (Å²) in [6.45, 7) is 0.489. The molecule has 1 atom stereocenters. The van der Waals surface area contributed by atoms with Crippen LogP contribution < -0.4 is 9.47 Å². The van der Waals surface area contributed by atoms with Gasteiger partial charge in [0.25, 0.3) is 0 Å². The van der Waals surface area contributed by atoms with E-state index < -0.39 is 0 Å². The van der Waals surface area contributed by atoms with Gasteiger partial charge in [-0.3, -0.25) is 0 Å². The van der Waals surface area contributed by atoms with Crippen LogP contribution in [0.5, 0.6) is 11.5 Å². The van der Waals surface area contributed by atoms with Gasteiger partial charge in [0, 0.05) is 0 Å². The van der Waals surface area contributed by atoms with Gasteiger partial charge < -0.3 is 14.3 Å². The second-order valence-corrected chi connectivity index (χ2v) is 3.38. The van der Waals surface area contributed by atoms with Crippen molar-refractivity contribution in [3.8, 4) is 11.5 Å². The Morgan fingerprint density at radius 2 is 2.43 bits per heavy atom. The Labute approximate surface area is 82.6 Å². The molecule has 14 heavy (non-hydrogen) atoms. The average molecular weight is 192 g/mol. The summed E-state index contributed by atoms with van der Waals surface area (Å²) in [6, 6.07) is 5.67. The van der Waals surface area contributed by atoms with Crippen LogP contribution in [0.4, 0.5) is 0 Å². The predicted molar refractivity (Wildman–Crippen MR) is 51.7 cm³/mol.